The van der Waals surface area contributed by atoms with Gasteiger partial charge < -0.3 is 10.2 Å². The van der Waals surface area contributed by atoms with E-state index < -0.39 is 0 Å². The van der Waals surface area contributed by atoms with Crippen LogP contribution in [0.15, 0.2) is 48.5 Å². The predicted molar refractivity (Wildman–Crippen MR) is 141 cm³/mol. The number of anilines is 2. The molecule has 0 aliphatic carbocycles. The number of amides is 1. The molecule has 2 aromatic carbocycles. The summed E-state index contributed by atoms with van der Waals surface area (Å²) in [4.78, 5) is 24.0. The molecule has 5 nitrogen and oxygen atoms in total. The Morgan fingerprint density at radius 2 is 1.91 bits per heavy atom. The van der Waals surface area contributed by atoms with Crippen molar-refractivity contribution in [1.29, 1.82) is 0 Å². The molecule has 33 heavy (non-hydrogen) atoms. The van der Waals surface area contributed by atoms with Crippen LogP contribution in [0.4, 0.5) is 10.7 Å². The van der Waals surface area contributed by atoms with Crippen LogP contribution in [0.25, 0.3) is 20.8 Å². The highest BCUT2D eigenvalue weighted by molar-refractivity contribution is 7.23. The first-order chi connectivity index (χ1) is 16.0. The number of hydrogen-bond acceptors (Lipinski definition) is 6. The molecule has 0 fully saturated rings. The average molecular weight is 477 g/mol. The van der Waals surface area contributed by atoms with Crippen molar-refractivity contribution in [3.05, 3.63) is 64.5 Å². The zero-order chi connectivity index (χ0) is 22.9. The Kier molecular flexibility index (Phi) is 6.19. The Balaban J connectivity index is 1.52. The summed E-state index contributed by atoms with van der Waals surface area (Å²) in [6.45, 7) is 5.32. The summed E-state index contributed by atoms with van der Waals surface area (Å²) in [6, 6.07) is 16.0. The largest absolute Gasteiger partial charge is 0.378 e. The quantitative estimate of drug-likeness (QED) is 0.365. The van der Waals surface area contributed by atoms with Crippen molar-refractivity contribution < 1.29 is 4.79 Å². The third-order valence-corrected chi connectivity index (χ3v) is 8.24. The number of para-hydroxylation sites is 1. The van der Waals surface area contributed by atoms with Gasteiger partial charge in [-0.25, -0.2) is 4.98 Å². The van der Waals surface area contributed by atoms with E-state index in [1.54, 1.807) is 22.7 Å². The van der Waals surface area contributed by atoms with E-state index in [0.717, 1.165) is 59.3 Å². The number of carbonyl (C=O) groups is 1. The Bertz CT molecular complexity index is 1260. The summed E-state index contributed by atoms with van der Waals surface area (Å²) < 4.78 is 1.17. The van der Waals surface area contributed by atoms with Gasteiger partial charge in [-0.15, -0.1) is 22.7 Å². The molecule has 1 N–H and O–H groups in total. The minimum Gasteiger partial charge on any atom is -0.378 e. The van der Waals surface area contributed by atoms with E-state index in [1.165, 1.54) is 15.1 Å². The lowest BCUT2D eigenvalue weighted by molar-refractivity contribution is 0.102. The van der Waals surface area contributed by atoms with Gasteiger partial charge in [0.05, 0.1) is 10.2 Å². The van der Waals surface area contributed by atoms with Gasteiger partial charge in [-0.2, -0.15) is 0 Å². The second kappa shape index (κ2) is 9.25. The topological polar surface area (TPSA) is 48.5 Å². The van der Waals surface area contributed by atoms with Crippen molar-refractivity contribution >= 4 is 49.5 Å². The van der Waals surface area contributed by atoms with Crippen molar-refractivity contribution in [2.45, 2.75) is 26.3 Å². The summed E-state index contributed by atoms with van der Waals surface area (Å²) in [7, 11) is 3.99. The lowest BCUT2D eigenvalue weighted by Crippen LogP contribution is -2.30. The SMILES string of the molecule is CCCN1CCc2c(sc(NC(=O)c3ccc(N(C)C)cc3)c2-c2nc3ccccc3s2)C1. The van der Waals surface area contributed by atoms with Crippen LogP contribution in [-0.2, 0) is 13.0 Å². The minimum absolute atomic E-state index is 0.0771. The normalized spacial score (nSPS) is 13.8. The van der Waals surface area contributed by atoms with E-state index >= 15 is 0 Å². The molecule has 0 radical (unpaired) electrons. The van der Waals surface area contributed by atoms with E-state index in [1.807, 2.05) is 49.3 Å². The van der Waals surface area contributed by atoms with E-state index in [9.17, 15) is 4.79 Å². The molecule has 4 aromatic rings. The van der Waals surface area contributed by atoms with Gasteiger partial charge in [0.1, 0.15) is 10.0 Å². The summed E-state index contributed by atoms with van der Waals surface area (Å²) in [5, 5.41) is 5.15. The highest BCUT2D eigenvalue weighted by Gasteiger charge is 2.27. The Labute approximate surface area is 202 Å². The van der Waals surface area contributed by atoms with Gasteiger partial charge in [-0.1, -0.05) is 19.1 Å². The lowest BCUT2D eigenvalue weighted by atomic mass is 10.0. The molecule has 1 aliphatic rings. The van der Waals surface area contributed by atoms with E-state index in [4.69, 9.17) is 4.98 Å². The summed E-state index contributed by atoms with van der Waals surface area (Å²) >= 11 is 3.42. The molecule has 7 heteroatoms. The number of nitrogens with zero attached hydrogens (tertiary/aromatic N) is 3. The smallest absolute Gasteiger partial charge is 0.256 e. The first kappa shape index (κ1) is 22.1. The molecular weight excluding hydrogens is 448 g/mol. The predicted octanol–water partition coefficient (Wildman–Crippen LogP) is 6.11. The molecule has 5 rings (SSSR count). The Morgan fingerprint density at radius 3 is 2.64 bits per heavy atom. The molecule has 1 amide bonds. The number of hydrogen-bond donors (Lipinski definition) is 1. The van der Waals surface area contributed by atoms with Crippen LogP contribution in [0.3, 0.4) is 0 Å². The molecule has 0 unspecified atom stereocenters. The fourth-order valence-corrected chi connectivity index (χ4v) is 6.74. The zero-order valence-electron chi connectivity index (χ0n) is 19.2. The number of nitrogens with one attached hydrogen (secondary N) is 1. The molecule has 3 heterocycles. The van der Waals surface area contributed by atoms with Crippen LogP contribution in [0.1, 0.15) is 34.1 Å². The average Bonchev–Trinajstić information content (AvgIpc) is 3.39. The van der Waals surface area contributed by atoms with E-state index in [-0.39, 0.29) is 5.91 Å². The van der Waals surface area contributed by atoms with Crippen LogP contribution in [0, 0.1) is 0 Å². The maximum atomic E-state index is 13.2. The molecule has 0 saturated heterocycles. The monoisotopic (exact) mass is 476 g/mol. The van der Waals surface area contributed by atoms with Gasteiger partial charge in [0.2, 0.25) is 0 Å². The second-order valence-corrected chi connectivity index (χ2v) is 10.8. The van der Waals surface area contributed by atoms with Crippen molar-refractivity contribution in [2.75, 3.05) is 37.4 Å². The molecule has 0 spiro atoms. The minimum atomic E-state index is -0.0771. The first-order valence-electron chi connectivity index (χ1n) is 11.3. The van der Waals surface area contributed by atoms with Gasteiger partial charge in [-0.05, 0) is 61.3 Å². The number of rotatable bonds is 6. The third kappa shape index (κ3) is 4.40. The van der Waals surface area contributed by atoms with Gasteiger partial charge in [0.15, 0.2) is 0 Å². The standard InChI is InChI=1S/C26H28N4OS2/c1-4-14-30-15-13-19-22(16-30)33-26(23(19)25-27-20-7-5-6-8-21(20)32-25)28-24(31)17-9-11-18(12-10-17)29(2)3/h5-12H,4,13-16H2,1-3H3,(H,28,31). The molecule has 170 valence electrons. The fraction of sp³-hybridized carbons (Fsp3) is 0.308. The van der Waals surface area contributed by atoms with Gasteiger partial charge in [-0.3, -0.25) is 9.69 Å². The Hall–Kier alpha value is -2.74. The molecule has 0 atom stereocenters. The van der Waals surface area contributed by atoms with Gasteiger partial charge in [0.25, 0.3) is 5.91 Å². The summed E-state index contributed by atoms with van der Waals surface area (Å²) in [5.41, 5.74) is 5.21. The van der Waals surface area contributed by atoms with Crippen LogP contribution >= 0.6 is 22.7 Å². The molecule has 0 saturated carbocycles. The lowest BCUT2D eigenvalue weighted by Gasteiger charge is -2.26. The van der Waals surface area contributed by atoms with Gasteiger partial charge >= 0.3 is 0 Å². The van der Waals surface area contributed by atoms with Gasteiger partial charge in [0, 0.05) is 48.9 Å². The number of benzene rings is 2. The summed E-state index contributed by atoms with van der Waals surface area (Å²) in [5.74, 6) is -0.0771. The molecule has 2 aromatic heterocycles. The van der Waals surface area contributed by atoms with Crippen molar-refractivity contribution in [3.63, 3.8) is 0 Å². The highest BCUT2D eigenvalue weighted by Crippen LogP contribution is 2.45. The van der Waals surface area contributed by atoms with Crippen LogP contribution in [-0.4, -0.2) is 43.0 Å². The van der Waals surface area contributed by atoms with Crippen molar-refractivity contribution in [3.8, 4) is 10.6 Å². The second-order valence-electron chi connectivity index (χ2n) is 8.62. The number of carbonyl (C=O) groups excluding carboxylic acids is 1. The van der Waals surface area contributed by atoms with E-state index in [2.05, 4.69) is 35.3 Å². The van der Waals surface area contributed by atoms with Crippen LogP contribution in [0.5, 0.6) is 0 Å². The van der Waals surface area contributed by atoms with E-state index in [0.29, 0.717) is 5.56 Å². The fourth-order valence-electron chi connectivity index (χ4n) is 4.34. The number of thiazole rings is 1. The molecular formula is C26H28N4OS2. The molecule has 1 aliphatic heterocycles. The summed E-state index contributed by atoms with van der Waals surface area (Å²) in [6.07, 6.45) is 2.14. The van der Waals surface area contributed by atoms with Crippen LogP contribution < -0.4 is 10.2 Å². The molecule has 0 bridgehead atoms. The van der Waals surface area contributed by atoms with Crippen molar-refractivity contribution in [2.24, 2.45) is 0 Å². The first-order valence-corrected chi connectivity index (χ1v) is 13.0. The number of fused-ring (bicyclic) bond motifs is 2. The zero-order valence-corrected chi connectivity index (χ0v) is 20.9. The van der Waals surface area contributed by atoms with Crippen LogP contribution in [0.2, 0.25) is 0 Å². The highest BCUT2D eigenvalue weighted by atomic mass is 32.1. The Morgan fingerprint density at radius 1 is 1.12 bits per heavy atom. The maximum absolute atomic E-state index is 13.2. The number of thiophene rings is 1. The maximum Gasteiger partial charge on any atom is 0.256 e. The number of aromatic nitrogens is 1. The van der Waals surface area contributed by atoms with Crippen molar-refractivity contribution in [1.82, 2.24) is 9.88 Å². The third-order valence-electron chi connectivity index (χ3n) is 6.06.